The van der Waals surface area contributed by atoms with Gasteiger partial charge in [-0.05, 0) is 31.2 Å². The molecule has 0 unspecified atom stereocenters. The summed E-state index contributed by atoms with van der Waals surface area (Å²) in [5.74, 6) is -0.0309. The summed E-state index contributed by atoms with van der Waals surface area (Å²) in [7, 11) is 0. The van der Waals surface area contributed by atoms with Crippen LogP contribution in [0.4, 0.5) is 16.0 Å². The van der Waals surface area contributed by atoms with Crippen molar-refractivity contribution in [3.8, 4) is 0 Å². The molecule has 2 N–H and O–H groups in total. The lowest BCUT2D eigenvalue weighted by Gasteiger charge is -2.34. The van der Waals surface area contributed by atoms with Gasteiger partial charge in [0.05, 0.1) is 31.9 Å². The molecule has 0 radical (unpaired) electrons. The first-order valence-electron chi connectivity index (χ1n) is 8.17. The van der Waals surface area contributed by atoms with Gasteiger partial charge in [-0.3, -0.25) is 4.79 Å². The standard InChI is InChI=1S/C17H19ClFN5O/c1-12(16(25)22-15-4-3-13(18)11-14(15)19)23-7-9-24(10-8-23)17-20-5-2-6-21-17/h2-6,11-12H,7-10H2,1H3,(H,22,25)/p+1/t12-/m1/s1. The Bertz CT molecular complexity index is 737. The lowest BCUT2D eigenvalue weighted by atomic mass is 10.2. The molecule has 1 aliphatic rings. The zero-order valence-electron chi connectivity index (χ0n) is 13.9. The number of halogens is 2. The van der Waals surface area contributed by atoms with E-state index < -0.39 is 5.82 Å². The Morgan fingerprint density at radius 3 is 2.64 bits per heavy atom. The molecule has 1 saturated heterocycles. The number of piperazine rings is 1. The van der Waals surface area contributed by atoms with Gasteiger partial charge < -0.3 is 15.1 Å². The molecule has 0 saturated carbocycles. The molecule has 2 heterocycles. The number of anilines is 2. The number of carbonyl (C=O) groups is 1. The molecule has 25 heavy (non-hydrogen) atoms. The third-order valence-electron chi connectivity index (χ3n) is 4.44. The molecule has 6 nitrogen and oxygen atoms in total. The van der Waals surface area contributed by atoms with E-state index in [0.29, 0.717) is 11.0 Å². The van der Waals surface area contributed by atoms with Crippen LogP contribution in [0.2, 0.25) is 5.02 Å². The lowest BCUT2D eigenvalue weighted by Crippen LogP contribution is -3.19. The fourth-order valence-electron chi connectivity index (χ4n) is 2.90. The molecular formula is C17H20ClFN5O+. The number of amides is 1. The number of nitrogens with one attached hydrogen (secondary N) is 2. The van der Waals surface area contributed by atoms with Crippen molar-refractivity contribution in [3.63, 3.8) is 0 Å². The molecule has 1 atom stereocenters. The monoisotopic (exact) mass is 364 g/mol. The molecule has 1 fully saturated rings. The van der Waals surface area contributed by atoms with E-state index in [4.69, 9.17) is 11.6 Å². The summed E-state index contributed by atoms with van der Waals surface area (Å²) in [5, 5.41) is 2.95. The summed E-state index contributed by atoms with van der Waals surface area (Å²) >= 11 is 5.73. The van der Waals surface area contributed by atoms with Crippen molar-refractivity contribution < 1.29 is 14.1 Å². The summed E-state index contributed by atoms with van der Waals surface area (Å²) < 4.78 is 13.8. The van der Waals surface area contributed by atoms with Gasteiger partial charge in [0.1, 0.15) is 5.82 Å². The van der Waals surface area contributed by atoms with Crippen LogP contribution in [0.1, 0.15) is 6.92 Å². The van der Waals surface area contributed by atoms with Crippen LogP contribution in [0.15, 0.2) is 36.7 Å². The summed E-state index contributed by atoms with van der Waals surface area (Å²) in [6.07, 6.45) is 3.44. The number of quaternary nitrogens is 1. The van der Waals surface area contributed by atoms with Gasteiger partial charge in [-0.15, -0.1) is 0 Å². The largest absolute Gasteiger partial charge is 0.330 e. The number of rotatable bonds is 4. The highest BCUT2D eigenvalue weighted by Crippen LogP contribution is 2.18. The van der Waals surface area contributed by atoms with Crippen molar-refractivity contribution in [3.05, 3.63) is 47.5 Å². The first-order valence-corrected chi connectivity index (χ1v) is 8.55. The van der Waals surface area contributed by atoms with Gasteiger partial charge in [-0.25, -0.2) is 14.4 Å². The molecule has 0 aliphatic carbocycles. The van der Waals surface area contributed by atoms with Crippen LogP contribution in [0, 0.1) is 5.82 Å². The minimum absolute atomic E-state index is 0.150. The van der Waals surface area contributed by atoms with E-state index in [2.05, 4.69) is 20.2 Å². The van der Waals surface area contributed by atoms with Crippen molar-refractivity contribution in [2.75, 3.05) is 36.4 Å². The highest BCUT2D eigenvalue weighted by molar-refractivity contribution is 6.30. The summed E-state index contributed by atoms with van der Waals surface area (Å²) in [6.45, 7) is 4.97. The maximum Gasteiger partial charge on any atom is 0.282 e. The van der Waals surface area contributed by atoms with Crippen LogP contribution in [0.25, 0.3) is 0 Å². The first-order chi connectivity index (χ1) is 12.0. The predicted molar refractivity (Wildman–Crippen MR) is 94.4 cm³/mol. The number of nitrogens with zero attached hydrogens (tertiary/aromatic N) is 3. The van der Waals surface area contributed by atoms with Crippen molar-refractivity contribution in [1.29, 1.82) is 0 Å². The second-order valence-electron chi connectivity index (χ2n) is 6.03. The molecule has 3 rings (SSSR count). The van der Waals surface area contributed by atoms with E-state index in [9.17, 15) is 9.18 Å². The van der Waals surface area contributed by atoms with Crippen molar-refractivity contribution in [2.45, 2.75) is 13.0 Å². The van der Waals surface area contributed by atoms with Gasteiger partial charge in [0.2, 0.25) is 5.95 Å². The maximum atomic E-state index is 13.8. The van der Waals surface area contributed by atoms with Gasteiger partial charge in [-0.1, -0.05) is 11.6 Å². The van der Waals surface area contributed by atoms with E-state index in [1.54, 1.807) is 24.5 Å². The number of carbonyl (C=O) groups excluding carboxylic acids is 1. The topological polar surface area (TPSA) is 62.6 Å². The van der Waals surface area contributed by atoms with Gasteiger partial charge in [-0.2, -0.15) is 0 Å². The fourth-order valence-corrected chi connectivity index (χ4v) is 3.06. The highest BCUT2D eigenvalue weighted by atomic mass is 35.5. The fraction of sp³-hybridized carbons (Fsp3) is 0.353. The SMILES string of the molecule is C[C@H](C(=O)Nc1ccc(Cl)cc1F)[NH+]1CCN(c2ncccn2)CC1. The molecule has 1 aromatic carbocycles. The number of benzene rings is 1. The first kappa shape index (κ1) is 17.6. The zero-order chi connectivity index (χ0) is 17.8. The number of hydrogen-bond donors (Lipinski definition) is 2. The van der Waals surface area contributed by atoms with Crippen LogP contribution in [0.5, 0.6) is 0 Å². The van der Waals surface area contributed by atoms with Crippen LogP contribution in [-0.4, -0.2) is 48.1 Å². The summed E-state index contributed by atoms with van der Waals surface area (Å²) in [5.41, 5.74) is 0.150. The van der Waals surface area contributed by atoms with Crippen molar-refractivity contribution >= 4 is 29.1 Å². The van der Waals surface area contributed by atoms with Crippen molar-refractivity contribution in [1.82, 2.24) is 9.97 Å². The molecule has 2 aromatic rings. The normalized spacial score (nSPS) is 16.5. The van der Waals surface area contributed by atoms with E-state index in [1.807, 2.05) is 6.92 Å². The second-order valence-corrected chi connectivity index (χ2v) is 6.47. The van der Waals surface area contributed by atoms with E-state index >= 15 is 0 Å². The Hall–Kier alpha value is -2.25. The third-order valence-corrected chi connectivity index (χ3v) is 4.67. The molecular weight excluding hydrogens is 345 g/mol. The second kappa shape index (κ2) is 7.76. The Morgan fingerprint density at radius 1 is 1.32 bits per heavy atom. The van der Waals surface area contributed by atoms with E-state index in [-0.39, 0.29) is 17.6 Å². The molecule has 1 amide bonds. The van der Waals surface area contributed by atoms with Crippen LogP contribution in [-0.2, 0) is 4.79 Å². The zero-order valence-corrected chi connectivity index (χ0v) is 14.6. The quantitative estimate of drug-likeness (QED) is 0.849. The average molecular weight is 365 g/mol. The Balaban J connectivity index is 1.56. The average Bonchev–Trinajstić information content (AvgIpc) is 2.64. The summed E-state index contributed by atoms with van der Waals surface area (Å²) in [4.78, 5) is 24.2. The van der Waals surface area contributed by atoms with Crippen LogP contribution < -0.4 is 15.1 Å². The Labute approximate surface area is 150 Å². The molecule has 0 bridgehead atoms. The predicted octanol–water partition coefficient (Wildman–Crippen LogP) is 1.00. The van der Waals surface area contributed by atoms with Crippen molar-refractivity contribution in [2.24, 2.45) is 0 Å². The summed E-state index contributed by atoms with van der Waals surface area (Å²) in [6, 6.07) is 5.72. The van der Waals surface area contributed by atoms with E-state index in [0.717, 1.165) is 31.1 Å². The lowest BCUT2D eigenvalue weighted by molar-refractivity contribution is -0.914. The van der Waals surface area contributed by atoms with Crippen LogP contribution in [0.3, 0.4) is 0 Å². The minimum atomic E-state index is -0.533. The maximum absolute atomic E-state index is 13.8. The van der Waals surface area contributed by atoms with Gasteiger partial charge in [0.15, 0.2) is 6.04 Å². The van der Waals surface area contributed by atoms with Gasteiger partial charge in [0, 0.05) is 17.4 Å². The van der Waals surface area contributed by atoms with Gasteiger partial charge in [0.25, 0.3) is 5.91 Å². The molecule has 8 heteroatoms. The molecule has 1 aliphatic heterocycles. The van der Waals surface area contributed by atoms with Crippen LogP contribution >= 0.6 is 11.6 Å². The molecule has 1 aromatic heterocycles. The Morgan fingerprint density at radius 2 is 2.00 bits per heavy atom. The molecule has 0 spiro atoms. The highest BCUT2D eigenvalue weighted by Gasteiger charge is 2.30. The number of hydrogen-bond acceptors (Lipinski definition) is 4. The minimum Gasteiger partial charge on any atom is -0.330 e. The van der Waals surface area contributed by atoms with E-state index in [1.165, 1.54) is 12.1 Å². The number of aromatic nitrogens is 2. The third kappa shape index (κ3) is 4.24. The smallest absolute Gasteiger partial charge is 0.282 e. The molecule has 132 valence electrons. The Kier molecular flexibility index (Phi) is 5.45. The van der Waals surface area contributed by atoms with Gasteiger partial charge >= 0.3 is 0 Å².